The van der Waals surface area contributed by atoms with E-state index in [-0.39, 0.29) is 5.91 Å². The zero-order chi connectivity index (χ0) is 15.4. The first kappa shape index (κ1) is 15.5. The number of para-hydroxylation sites is 1. The van der Waals surface area contributed by atoms with Crippen LogP contribution in [0.15, 0.2) is 30.3 Å². The number of anilines is 1. The maximum absolute atomic E-state index is 12.8. The summed E-state index contributed by atoms with van der Waals surface area (Å²) >= 11 is 0. The zero-order valence-corrected chi connectivity index (χ0v) is 12.7. The molecule has 4 heteroatoms. The fraction of sp³-hybridized carbons (Fsp3) is 0.529. The third-order valence-corrected chi connectivity index (χ3v) is 4.52. The van der Waals surface area contributed by atoms with Gasteiger partial charge < -0.3 is 10.0 Å². The monoisotopic (exact) mass is 289 g/mol. The molecule has 0 saturated heterocycles. The second-order valence-electron chi connectivity index (χ2n) is 5.71. The molecule has 1 aliphatic rings. The molecule has 0 spiro atoms. The van der Waals surface area contributed by atoms with Crippen LogP contribution in [-0.2, 0) is 9.59 Å². The van der Waals surface area contributed by atoms with E-state index in [1.807, 2.05) is 37.3 Å². The summed E-state index contributed by atoms with van der Waals surface area (Å²) < 4.78 is 0. The number of hydrogen-bond acceptors (Lipinski definition) is 2. The molecule has 0 heterocycles. The smallest absolute Gasteiger partial charge is 0.307 e. The highest BCUT2D eigenvalue weighted by Crippen LogP contribution is 2.40. The van der Waals surface area contributed by atoms with Gasteiger partial charge in [-0.15, -0.1) is 0 Å². The van der Waals surface area contributed by atoms with Crippen LogP contribution in [0.25, 0.3) is 0 Å². The van der Waals surface area contributed by atoms with Crippen molar-refractivity contribution in [1.82, 2.24) is 0 Å². The van der Waals surface area contributed by atoms with Crippen LogP contribution in [0.5, 0.6) is 0 Å². The lowest BCUT2D eigenvalue weighted by molar-refractivity contribution is -0.145. The fourth-order valence-corrected chi connectivity index (χ4v) is 3.30. The summed E-state index contributed by atoms with van der Waals surface area (Å²) in [5.41, 5.74) is 0.842. The predicted molar refractivity (Wildman–Crippen MR) is 82.1 cm³/mol. The number of carbonyl (C=O) groups is 2. The molecule has 1 fully saturated rings. The summed E-state index contributed by atoms with van der Waals surface area (Å²) in [5, 5.41) is 9.40. The van der Waals surface area contributed by atoms with E-state index in [1.165, 1.54) is 0 Å². The second-order valence-corrected chi connectivity index (χ2v) is 5.71. The molecule has 3 atom stereocenters. The molecule has 1 saturated carbocycles. The zero-order valence-electron chi connectivity index (χ0n) is 12.7. The Labute approximate surface area is 125 Å². The van der Waals surface area contributed by atoms with E-state index in [4.69, 9.17) is 0 Å². The van der Waals surface area contributed by atoms with Crippen LogP contribution < -0.4 is 4.90 Å². The summed E-state index contributed by atoms with van der Waals surface area (Å²) in [6.07, 6.45) is 2.25. The molecule has 1 aromatic carbocycles. The number of hydrogen-bond donors (Lipinski definition) is 1. The molecule has 1 aromatic rings. The minimum absolute atomic E-state index is 0.0490. The molecule has 0 bridgehead atoms. The summed E-state index contributed by atoms with van der Waals surface area (Å²) in [6, 6.07) is 9.48. The molecule has 3 unspecified atom stereocenters. The molecule has 1 N–H and O–H groups in total. The van der Waals surface area contributed by atoms with Crippen LogP contribution in [0.1, 0.15) is 33.1 Å². The second kappa shape index (κ2) is 6.74. The Hall–Kier alpha value is -1.84. The highest BCUT2D eigenvalue weighted by Gasteiger charge is 2.43. The first-order valence-electron chi connectivity index (χ1n) is 7.67. The van der Waals surface area contributed by atoms with Crippen LogP contribution in [0.3, 0.4) is 0 Å². The Kier molecular flexibility index (Phi) is 4.99. The van der Waals surface area contributed by atoms with E-state index in [0.29, 0.717) is 25.3 Å². The lowest BCUT2D eigenvalue weighted by Crippen LogP contribution is -2.39. The van der Waals surface area contributed by atoms with Crippen molar-refractivity contribution >= 4 is 17.6 Å². The van der Waals surface area contributed by atoms with Crippen molar-refractivity contribution in [2.75, 3.05) is 11.4 Å². The van der Waals surface area contributed by atoms with Crippen molar-refractivity contribution in [2.24, 2.45) is 17.8 Å². The third-order valence-electron chi connectivity index (χ3n) is 4.52. The molecular formula is C17H23NO3. The van der Waals surface area contributed by atoms with Crippen LogP contribution >= 0.6 is 0 Å². The van der Waals surface area contributed by atoms with Crippen molar-refractivity contribution in [2.45, 2.75) is 33.1 Å². The van der Waals surface area contributed by atoms with Crippen molar-refractivity contribution in [3.8, 4) is 0 Å². The molecule has 1 aliphatic carbocycles. The van der Waals surface area contributed by atoms with E-state index in [0.717, 1.165) is 12.1 Å². The van der Waals surface area contributed by atoms with Gasteiger partial charge in [0.05, 0.1) is 11.8 Å². The molecule has 0 aromatic heterocycles. The van der Waals surface area contributed by atoms with Gasteiger partial charge in [0, 0.05) is 12.2 Å². The predicted octanol–water partition coefficient (Wildman–Crippen LogP) is 3.18. The molecule has 2 rings (SSSR count). The number of aliphatic carboxylic acids is 1. The Balaban J connectivity index is 2.22. The molecule has 0 aliphatic heterocycles. The van der Waals surface area contributed by atoms with Gasteiger partial charge in [-0.05, 0) is 37.8 Å². The van der Waals surface area contributed by atoms with Crippen molar-refractivity contribution in [1.29, 1.82) is 0 Å². The number of rotatable bonds is 5. The normalized spacial score (nSPS) is 24.8. The van der Waals surface area contributed by atoms with Gasteiger partial charge in [0.25, 0.3) is 0 Å². The van der Waals surface area contributed by atoms with Gasteiger partial charge in [-0.1, -0.05) is 31.5 Å². The van der Waals surface area contributed by atoms with Crippen LogP contribution in [0.2, 0.25) is 0 Å². The van der Waals surface area contributed by atoms with Crippen molar-refractivity contribution < 1.29 is 14.7 Å². The SMILES string of the molecule is CCC1CC(C(=O)O)C(C(=O)N(CC)c2ccccc2)C1. The van der Waals surface area contributed by atoms with E-state index in [2.05, 4.69) is 6.92 Å². The maximum Gasteiger partial charge on any atom is 0.307 e. The molecule has 0 radical (unpaired) electrons. The third kappa shape index (κ3) is 3.26. The van der Waals surface area contributed by atoms with Gasteiger partial charge in [0.15, 0.2) is 0 Å². The van der Waals surface area contributed by atoms with Gasteiger partial charge in [0.1, 0.15) is 0 Å². The van der Waals surface area contributed by atoms with Gasteiger partial charge in [-0.25, -0.2) is 0 Å². The lowest BCUT2D eigenvalue weighted by atomic mass is 9.94. The quantitative estimate of drug-likeness (QED) is 0.905. The van der Waals surface area contributed by atoms with E-state index >= 15 is 0 Å². The number of carbonyl (C=O) groups excluding carboxylic acids is 1. The first-order valence-corrected chi connectivity index (χ1v) is 7.67. The Morgan fingerprint density at radius 1 is 1.14 bits per heavy atom. The molecule has 114 valence electrons. The highest BCUT2D eigenvalue weighted by atomic mass is 16.4. The molecule has 4 nitrogen and oxygen atoms in total. The van der Waals surface area contributed by atoms with Crippen LogP contribution in [0, 0.1) is 17.8 Å². The number of nitrogens with zero attached hydrogens (tertiary/aromatic N) is 1. The minimum atomic E-state index is -0.839. The topological polar surface area (TPSA) is 57.6 Å². The number of amides is 1. The van der Waals surface area contributed by atoms with Gasteiger partial charge in [-0.2, -0.15) is 0 Å². The van der Waals surface area contributed by atoms with Gasteiger partial charge in [0.2, 0.25) is 5.91 Å². The van der Waals surface area contributed by atoms with Gasteiger partial charge in [-0.3, -0.25) is 9.59 Å². The lowest BCUT2D eigenvalue weighted by Gasteiger charge is -2.26. The maximum atomic E-state index is 12.8. The number of carboxylic acids is 1. The summed E-state index contributed by atoms with van der Waals surface area (Å²) in [5.74, 6) is -1.48. The van der Waals surface area contributed by atoms with E-state index in [9.17, 15) is 14.7 Å². The average Bonchev–Trinajstić information content (AvgIpc) is 2.93. The summed E-state index contributed by atoms with van der Waals surface area (Å²) in [4.78, 5) is 26.0. The molecule has 1 amide bonds. The van der Waals surface area contributed by atoms with Crippen molar-refractivity contribution in [3.05, 3.63) is 30.3 Å². The van der Waals surface area contributed by atoms with Gasteiger partial charge >= 0.3 is 5.97 Å². The Bertz CT molecular complexity index is 500. The fourth-order valence-electron chi connectivity index (χ4n) is 3.30. The molecule has 21 heavy (non-hydrogen) atoms. The summed E-state index contributed by atoms with van der Waals surface area (Å²) in [6.45, 7) is 4.54. The number of carboxylic acid groups (broad SMARTS) is 1. The molecular weight excluding hydrogens is 266 g/mol. The average molecular weight is 289 g/mol. The summed E-state index contributed by atoms with van der Waals surface area (Å²) in [7, 11) is 0. The van der Waals surface area contributed by atoms with Crippen LogP contribution in [-0.4, -0.2) is 23.5 Å². The first-order chi connectivity index (χ1) is 10.1. The van der Waals surface area contributed by atoms with Crippen LogP contribution in [0.4, 0.5) is 5.69 Å². The van der Waals surface area contributed by atoms with E-state index in [1.54, 1.807) is 4.90 Å². The van der Waals surface area contributed by atoms with E-state index < -0.39 is 17.8 Å². The van der Waals surface area contributed by atoms with Crippen molar-refractivity contribution in [3.63, 3.8) is 0 Å². The minimum Gasteiger partial charge on any atom is -0.481 e. The number of benzene rings is 1. The Morgan fingerprint density at radius 3 is 2.29 bits per heavy atom. The highest BCUT2D eigenvalue weighted by molar-refractivity contribution is 5.97. The standard InChI is InChI=1S/C17H23NO3/c1-3-12-10-14(15(11-12)17(20)21)16(19)18(4-2)13-8-6-5-7-9-13/h5-9,12,14-15H,3-4,10-11H2,1-2H3,(H,20,21). The largest absolute Gasteiger partial charge is 0.481 e. The Morgan fingerprint density at radius 2 is 1.76 bits per heavy atom.